The molecule has 0 aliphatic carbocycles. The molecule has 1 atom stereocenters. The zero-order valence-corrected chi connectivity index (χ0v) is 10.8. The fourth-order valence-corrected chi connectivity index (χ4v) is 1.83. The van der Waals surface area contributed by atoms with Crippen LogP contribution in [0.25, 0.3) is 11.3 Å². The molecule has 0 amide bonds. The molecule has 0 radical (unpaired) electrons. The highest BCUT2D eigenvalue weighted by molar-refractivity contribution is 5.58. The summed E-state index contributed by atoms with van der Waals surface area (Å²) in [5.74, 6) is 1.82. The Kier molecular flexibility index (Phi) is 4.18. The summed E-state index contributed by atoms with van der Waals surface area (Å²) in [4.78, 5) is 0. The van der Waals surface area contributed by atoms with Gasteiger partial charge in [-0.1, -0.05) is 30.3 Å². The molecule has 0 saturated heterocycles. The third kappa shape index (κ3) is 3.22. The van der Waals surface area contributed by atoms with Crippen LogP contribution in [0.4, 0.5) is 0 Å². The molecule has 2 rings (SSSR count). The van der Waals surface area contributed by atoms with Gasteiger partial charge in [-0.2, -0.15) is 0 Å². The number of aliphatic hydroxyl groups is 1. The Labute approximate surface area is 107 Å². The highest BCUT2D eigenvalue weighted by atomic mass is 16.3. The third-order valence-electron chi connectivity index (χ3n) is 2.80. The van der Waals surface area contributed by atoms with Crippen molar-refractivity contribution in [1.29, 1.82) is 0 Å². The molecule has 1 aromatic carbocycles. The Morgan fingerprint density at radius 1 is 1.28 bits per heavy atom. The van der Waals surface area contributed by atoms with Gasteiger partial charge >= 0.3 is 0 Å². The van der Waals surface area contributed by atoms with Crippen LogP contribution >= 0.6 is 0 Å². The van der Waals surface area contributed by atoms with Crippen LogP contribution in [-0.2, 0) is 6.54 Å². The predicted octanol–water partition coefficient (Wildman–Crippen LogP) is 2.73. The molecule has 0 fully saturated rings. The Balaban J connectivity index is 2.08. The van der Waals surface area contributed by atoms with Crippen molar-refractivity contribution in [1.82, 2.24) is 5.32 Å². The number of furan rings is 1. The number of aliphatic hydroxyl groups excluding tert-OH is 1. The first-order chi connectivity index (χ1) is 8.66. The van der Waals surface area contributed by atoms with Crippen LogP contribution in [0.3, 0.4) is 0 Å². The summed E-state index contributed by atoms with van der Waals surface area (Å²) in [6.07, 6.45) is -0.339. The summed E-state index contributed by atoms with van der Waals surface area (Å²) in [7, 11) is 0. The molecule has 0 bridgehead atoms. The Morgan fingerprint density at radius 2 is 2.00 bits per heavy atom. The largest absolute Gasteiger partial charge is 0.459 e. The molecule has 1 heterocycles. The van der Waals surface area contributed by atoms with E-state index in [9.17, 15) is 5.11 Å². The molecule has 18 heavy (non-hydrogen) atoms. The molecule has 0 unspecified atom stereocenters. The molecule has 0 aliphatic heterocycles. The van der Waals surface area contributed by atoms with Gasteiger partial charge in [-0.3, -0.25) is 0 Å². The van der Waals surface area contributed by atoms with Crippen molar-refractivity contribution in [3.05, 3.63) is 47.7 Å². The minimum Gasteiger partial charge on any atom is -0.459 e. The number of benzene rings is 1. The maximum atomic E-state index is 9.19. The number of aryl methyl sites for hydroxylation is 1. The van der Waals surface area contributed by atoms with E-state index in [-0.39, 0.29) is 6.10 Å². The van der Waals surface area contributed by atoms with Gasteiger partial charge in [0.15, 0.2) is 0 Å². The Morgan fingerprint density at radius 3 is 2.67 bits per heavy atom. The second-order valence-corrected chi connectivity index (χ2v) is 4.56. The lowest BCUT2D eigenvalue weighted by molar-refractivity contribution is 0.190. The Hall–Kier alpha value is -1.58. The van der Waals surface area contributed by atoms with Crippen molar-refractivity contribution in [3.63, 3.8) is 0 Å². The number of hydrogen-bond acceptors (Lipinski definition) is 3. The minimum absolute atomic E-state index is 0.339. The predicted molar refractivity (Wildman–Crippen MR) is 72.3 cm³/mol. The van der Waals surface area contributed by atoms with Crippen LogP contribution in [0, 0.1) is 6.92 Å². The van der Waals surface area contributed by atoms with E-state index in [0.29, 0.717) is 13.1 Å². The first-order valence-electron chi connectivity index (χ1n) is 6.20. The van der Waals surface area contributed by atoms with Crippen molar-refractivity contribution in [3.8, 4) is 11.3 Å². The average Bonchev–Trinajstić information content (AvgIpc) is 2.72. The molecular weight excluding hydrogens is 226 g/mol. The maximum Gasteiger partial charge on any atom is 0.134 e. The van der Waals surface area contributed by atoms with Gasteiger partial charge in [0, 0.05) is 12.1 Å². The van der Waals surface area contributed by atoms with E-state index in [0.717, 1.165) is 22.6 Å². The monoisotopic (exact) mass is 245 g/mol. The van der Waals surface area contributed by atoms with E-state index in [2.05, 4.69) is 11.4 Å². The van der Waals surface area contributed by atoms with E-state index in [1.807, 2.05) is 37.3 Å². The van der Waals surface area contributed by atoms with Crippen LogP contribution in [0.15, 0.2) is 40.8 Å². The lowest BCUT2D eigenvalue weighted by Crippen LogP contribution is -2.23. The summed E-state index contributed by atoms with van der Waals surface area (Å²) in [6.45, 7) is 5.01. The van der Waals surface area contributed by atoms with Gasteiger partial charge in [-0.25, -0.2) is 0 Å². The SMILES string of the molecule is Cc1cc(-c2ccccc2)oc1CNC[C@@H](C)O. The van der Waals surface area contributed by atoms with Gasteiger partial charge in [0.1, 0.15) is 11.5 Å². The molecule has 3 nitrogen and oxygen atoms in total. The topological polar surface area (TPSA) is 45.4 Å². The second-order valence-electron chi connectivity index (χ2n) is 4.56. The maximum absolute atomic E-state index is 9.19. The van der Waals surface area contributed by atoms with Crippen molar-refractivity contribution in [2.24, 2.45) is 0 Å². The standard InChI is InChI=1S/C15H19NO2/c1-11-8-14(13-6-4-3-5-7-13)18-15(11)10-16-9-12(2)17/h3-8,12,16-17H,9-10H2,1-2H3/t12-/m1/s1. The van der Waals surface area contributed by atoms with Crippen molar-refractivity contribution >= 4 is 0 Å². The number of hydrogen-bond donors (Lipinski definition) is 2. The smallest absolute Gasteiger partial charge is 0.134 e. The van der Waals surface area contributed by atoms with Gasteiger partial charge in [0.2, 0.25) is 0 Å². The lowest BCUT2D eigenvalue weighted by Gasteiger charge is -2.05. The quantitative estimate of drug-likeness (QED) is 0.851. The van der Waals surface area contributed by atoms with Crippen LogP contribution in [0.2, 0.25) is 0 Å². The number of rotatable bonds is 5. The van der Waals surface area contributed by atoms with E-state index in [1.165, 1.54) is 0 Å². The molecule has 0 aliphatic rings. The van der Waals surface area contributed by atoms with E-state index in [1.54, 1.807) is 6.92 Å². The van der Waals surface area contributed by atoms with Gasteiger partial charge < -0.3 is 14.8 Å². The first kappa shape index (κ1) is 12.9. The summed E-state index contributed by atoms with van der Waals surface area (Å²) < 4.78 is 5.84. The van der Waals surface area contributed by atoms with E-state index in [4.69, 9.17) is 4.42 Å². The molecule has 96 valence electrons. The first-order valence-corrected chi connectivity index (χ1v) is 6.20. The van der Waals surface area contributed by atoms with Crippen molar-refractivity contribution in [2.75, 3.05) is 6.54 Å². The summed E-state index contributed by atoms with van der Waals surface area (Å²) in [5, 5.41) is 12.4. The zero-order valence-electron chi connectivity index (χ0n) is 10.8. The molecule has 1 aromatic heterocycles. The molecule has 3 heteroatoms. The fraction of sp³-hybridized carbons (Fsp3) is 0.333. The molecule has 2 aromatic rings. The number of nitrogens with one attached hydrogen (secondary N) is 1. The minimum atomic E-state index is -0.339. The summed E-state index contributed by atoms with van der Waals surface area (Å²) in [5.41, 5.74) is 2.22. The van der Waals surface area contributed by atoms with E-state index < -0.39 is 0 Å². The average molecular weight is 245 g/mol. The summed E-state index contributed by atoms with van der Waals surface area (Å²) >= 11 is 0. The van der Waals surface area contributed by atoms with Gasteiger partial charge in [-0.15, -0.1) is 0 Å². The van der Waals surface area contributed by atoms with Crippen molar-refractivity contribution < 1.29 is 9.52 Å². The third-order valence-corrected chi connectivity index (χ3v) is 2.80. The van der Waals surface area contributed by atoms with Crippen LogP contribution in [0.1, 0.15) is 18.2 Å². The summed E-state index contributed by atoms with van der Waals surface area (Å²) in [6, 6.07) is 12.1. The van der Waals surface area contributed by atoms with Gasteiger partial charge in [0.05, 0.1) is 12.6 Å². The Bertz CT molecular complexity index is 488. The van der Waals surface area contributed by atoms with Gasteiger partial charge in [0.25, 0.3) is 0 Å². The highest BCUT2D eigenvalue weighted by Gasteiger charge is 2.09. The van der Waals surface area contributed by atoms with Crippen LogP contribution in [-0.4, -0.2) is 17.8 Å². The highest BCUT2D eigenvalue weighted by Crippen LogP contribution is 2.24. The molecule has 2 N–H and O–H groups in total. The van der Waals surface area contributed by atoms with E-state index >= 15 is 0 Å². The molecule has 0 saturated carbocycles. The van der Waals surface area contributed by atoms with Crippen LogP contribution in [0.5, 0.6) is 0 Å². The normalized spacial score (nSPS) is 12.6. The molecule has 0 spiro atoms. The zero-order chi connectivity index (χ0) is 13.0. The molecular formula is C15H19NO2. The second kappa shape index (κ2) is 5.85. The lowest BCUT2D eigenvalue weighted by atomic mass is 10.1. The fourth-order valence-electron chi connectivity index (χ4n) is 1.83. The van der Waals surface area contributed by atoms with Crippen molar-refractivity contribution in [2.45, 2.75) is 26.5 Å². The van der Waals surface area contributed by atoms with Crippen LogP contribution < -0.4 is 5.32 Å². The van der Waals surface area contributed by atoms with Gasteiger partial charge in [-0.05, 0) is 25.5 Å².